The van der Waals surface area contributed by atoms with Crippen LogP contribution >= 0.6 is 15.9 Å². The van der Waals surface area contributed by atoms with Gasteiger partial charge in [-0.1, -0.05) is 22.0 Å². The number of carboxylic acids is 1. The van der Waals surface area contributed by atoms with Gasteiger partial charge in [0, 0.05) is 23.2 Å². The number of halogens is 4. The van der Waals surface area contributed by atoms with Crippen LogP contribution in [0.5, 0.6) is 0 Å². The lowest BCUT2D eigenvalue weighted by Gasteiger charge is -2.19. The van der Waals surface area contributed by atoms with Crippen LogP contribution in [0.1, 0.15) is 5.56 Å². The molecule has 9 heteroatoms. The Labute approximate surface area is 138 Å². The molecule has 23 heavy (non-hydrogen) atoms. The second-order valence-electron chi connectivity index (χ2n) is 5.34. The third-order valence-electron chi connectivity index (χ3n) is 3.85. The summed E-state index contributed by atoms with van der Waals surface area (Å²) in [4.78, 5) is 24.1. The molecule has 0 spiro atoms. The van der Waals surface area contributed by atoms with Crippen LogP contribution in [0.25, 0.3) is 0 Å². The van der Waals surface area contributed by atoms with E-state index in [1.807, 2.05) is 0 Å². The van der Waals surface area contributed by atoms with Crippen LogP contribution in [0.15, 0.2) is 22.7 Å². The molecule has 1 saturated heterocycles. The van der Waals surface area contributed by atoms with Crippen molar-refractivity contribution in [1.82, 2.24) is 4.90 Å². The molecule has 5 nitrogen and oxygen atoms in total. The minimum absolute atomic E-state index is 0.451. The Kier molecular flexibility index (Phi) is 4.88. The molecule has 0 bridgehead atoms. The average Bonchev–Trinajstić information content (AvgIpc) is 2.89. The highest BCUT2D eigenvalue weighted by Gasteiger charge is 2.53. The van der Waals surface area contributed by atoms with Crippen molar-refractivity contribution in [2.45, 2.75) is 13.1 Å². The maximum atomic E-state index is 12.9. The number of aliphatic carboxylic acids is 1. The zero-order chi connectivity index (χ0) is 17.4. The fourth-order valence-electron chi connectivity index (χ4n) is 2.49. The predicted molar refractivity (Wildman–Crippen MR) is 80.1 cm³/mol. The molecular weight excluding hydrogens is 381 g/mol. The lowest BCUT2D eigenvalue weighted by Crippen LogP contribution is -2.35. The molecule has 2 N–H and O–H groups in total. The first-order chi connectivity index (χ1) is 10.6. The number of benzene rings is 1. The summed E-state index contributed by atoms with van der Waals surface area (Å²) in [6.07, 6.45) is -4.66. The van der Waals surface area contributed by atoms with Crippen LogP contribution in [0.3, 0.4) is 0 Å². The monoisotopic (exact) mass is 394 g/mol. The number of rotatable bonds is 2. The fraction of sp³-hybridized carbons (Fsp3) is 0.429. The number of amides is 2. The molecule has 2 atom stereocenters. The highest BCUT2D eigenvalue weighted by atomic mass is 79.9. The molecule has 2 amide bonds. The molecular formula is C14H14BrF3N2O3. The Bertz CT molecular complexity index is 636. The molecule has 0 aliphatic carbocycles. The molecule has 0 aromatic heterocycles. The van der Waals surface area contributed by atoms with Gasteiger partial charge in [-0.15, -0.1) is 0 Å². The Morgan fingerprint density at radius 2 is 2.00 bits per heavy atom. The van der Waals surface area contributed by atoms with Gasteiger partial charge in [0.1, 0.15) is 0 Å². The second kappa shape index (κ2) is 6.38. The second-order valence-corrected chi connectivity index (χ2v) is 6.19. The molecule has 1 heterocycles. The van der Waals surface area contributed by atoms with Crippen molar-refractivity contribution in [2.75, 3.05) is 18.4 Å². The number of nitrogens with zero attached hydrogens (tertiary/aromatic N) is 1. The standard InChI is InChI=1S/C14H14BrF3N2O3/c1-7-10(15)3-2-4-11(7)19-13(23)20-5-8(12(21)22)9(6-20)14(16,17)18/h2-4,8-9H,5-6H2,1H3,(H,19,23)(H,21,22)/t8-,9-/m1/s1. The predicted octanol–water partition coefficient (Wildman–Crippen LogP) is 3.48. The smallest absolute Gasteiger partial charge is 0.394 e. The molecule has 0 radical (unpaired) electrons. The molecule has 1 aliphatic heterocycles. The third kappa shape index (κ3) is 3.77. The van der Waals surface area contributed by atoms with E-state index >= 15 is 0 Å². The van der Waals surface area contributed by atoms with Crippen LogP contribution < -0.4 is 5.32 Å². The van der Waals surface area contributed by atoms with Gasteiger partial charge < -0.3 is 15.3 Å². The number of hydrogen-bond acceptors (Lipinski definition) is 2. The van der Waals surface area contributed by atoms with Crippen molar-refractivity contribution in [3.63, 3.8) is 0 Å². The maximum Gasteiger partial charge on any atom is 0.394 e. The van der Waals surface area contributed by atoms with Crippen molar-refractivity contribution in [3.05, 3.63) is 28.2 Å². The molecule has 126 valence electrons. The summed E-state index contributed by atoms with van der Waals surface area (Å²) in [6, 6.07) is 4.31. The van der Waals surface area contributed by atoms with Crippen molar-refractivity contribution in [1.29, 1.82) is 0 Å². The minimum atomic E-state index is -4.66. The van der Waals surface area contributed by atoms with Crippen molar-refractivity contribution in [3.8, 4) is 0 Å². The van der Waals surface area contributed by atoms with Crippen LogP contribution in [-0.2, 0) is 4.79 Å². The number of hydrogen-bond donors (Lipinski definition) is 2. The van der Waals surface area contributed by atoms with Gasteiger partial charge in [0.2, 0.25) is 0 Å². The number of likely N-dealkylation sites (tertiary alicyclic amines) is 1. The van der Waals surface area contributed by atoms with Gasteiger partial charge in [-0.05, 0) is 24.6 Å². The Balaban J connectivity index is 2.15. The van der Waals surface area contributed by atoms with Crippen LogP contribution in [0, 0.1) is 18.8 Å². The summed E-state index contributed by atoms with van der Waals surface area (Å²) < 4.78 is 39.5. The molecule has 2 rings (SSSR count). The van der Waals surface area contributed by atoms with Gasteiger partial charge in [-0.2, -0.15) is 13.2 Å². The van der Waals surface area contributed by atoms with Gasteiger partial charge in [0.05, 0.1) is 11.8 Å². The summed E-state index contributed by atoms with van der Waals surface area (Å²) >= 11 is 3.29. The van der Waals surface area contributed by atoms with E-state index in [9.17, 15) is 22.8 Å². The third-order valence-corrected chi connectivity index (χ3v) is 4.71. The van der Waals surface area contributed by atoms with Crippen LogP contribution in [0.4, 0.5) is 23.7 Å². The van der Waals surface area contributed by atoms with Crippen molar-refractivity contribution in [2.24, 2.45) is 11.8 Å². The van der Waals surface area contributed by atoms with E-state index in [4.69, 9.17) is 5.11 Å². The maximum absolute atomic E-state index is 12.9. The van der Waals surface area contributed by atoms with E-state index in [1.54, 1.807) is 25.1 Å². The van der Waals surface area contributed by atoms with Crippen molar-refractivity contribution < 1.29 is 27.9 Å². The Morgan fingerprint density at radius 3 is 2.52 bits per heavy atom. The minimum Gasteiger partial charge on any atom is -0.481 e. The normalized spacial score (nSPS) is 21.3. The van der Waals surface area contributed by atoms with E-state index in [2.05, 4.69) is 21.2 Å². The molecule has 1 fully saturated rings. The van der Waals surface area contributed by atoms with E-state index in [0.29, 0.717) is 5.69 Å². The molecule has 1 aliphatic rings. The number of alkyl halides is 3. The number of carboxylic acid groups (broad SMARTS) is 1. The van der Waals surface area contributed by atoms with E-state index in [0.717, 1.165) is 14.9 Å². The topological polar surface area (TPSA) is 69.6 Å². The summed E-state index contributed by atoms with van der Waals surface area (Å²) in [7, 11) is 0. The first kappa shape index (κ1) is 17.6. The number of urea groups is 1. The summed E-state index contributed by atoms with van der Waals surface area (Å²) in [5.41, 5.74) is 1.17. The first-order valence-electron chi connectivity index (χ1n) is 6.72. The van der Waals surface area contributed by atoms with Crippen LogP contribution in [-0.4, -0.2) is 41.3 Å². The first-order valence-corrected chi connectivity index (χ1v) is 7.51. The summed E-state index contributed by atoms with van der Waals surface area (Å²) in [6.45, 7) is 0.597. The Morgan fingerprint density at radius 1 is 1.35 bits per heavy atom. The van der Waals surface area contributed by atoms with E-state index in [1.165, 1.54) is 0 Å². The number of carbonyl (C=O) groups is 2. The zero-order valence-electron chi connectivity index (χ0n) is 12.0. The highest BCUT2D eigenvalue weighted by Crippen LogP contribution is 2.38. The highest BCUT2D eigenvalue weighted by molar-refractivity contribution is 9.10. The number of nitrogens with one attached hydrogen (secondary N) is 1. The van der Waals surface area contributed by atoms with Crippen molar-refractivity contribution >= 4 is 33.6 Å². The summed E-state index contributed by atoms with van der Waals surface area (Å²) in [5, 5.41) is 11.5. The lowest BCUT2D eigenvalue weighted by atomic mass is 9.96. The molecule has 0 saturated carbocycles. The SMILES string of the molecule is Cc1c(Br)cccc1NC(=O)N1C[C@@H](C(F)(F)F)[C@H](C(=O)O)C1. The summed E-state index contributed by atoms with van der Waals surface area (Å²) in [5.74, 6) is -5.26. The lowest BCUT2D eigenvalue weighted by molar-refractivity contribution is -0.187. The van der Waals surface area contributed by atoms with Gasteiger partial charge in [-0.25, -0.2) is 4.79 Å². The Hall–Kier alpha value is -1.77. The van der Waals surface area contributed by atoms with E-state index < -0.39 is 43.1 Å². The molecule has 0 unspecified atom stereocenters. The van der Waals surface area contributed by atoms with Gasteiger partial charge in [0.15, 0.2) is 0 Å². The van der Waals surface area contributed by atoms with Gasteiger partial charge in [0.25, 0.3) is 0 Å². The van der Waals surface area contributed by atoms with Gasteiger partial charge >= 0.3 is 18.2 Å². The largest absolute Gasteiger partial charge is 0.481 e. The quantitative estimate of drug-likeness (QED) is 0.806. The fourth-order valence-corrected chi connectivity index (χ4v) is 2.85. The van der Waals surface area contributed by atoms with Gasteiger partial charge in [-0.3, -0.25) is 4.79 Å². The molecule has 1 aromatic rings. The molecule has 1 aromatic carbocycles. The number of carbonyl (C=O) groups excluding carboxylic acids is 1. The van der Waals surface area contributed by atoms with E-state index in [-0.39, 0.29) is 0 Å². The van der Waals surface area contributed by atoms with Crippen LogP contribution in [0.2, 0.25) is 0 Å². The number of anilines is 1. The zero-order valence-corrected chi connectivity index (χ0v) is 13.6. The average molecular weight is 395 g/mol.